The number of aryl methyl sites for hydroxylation is 1. The Labute approximate surface area is 90.7 Å². The summed E-state index contributed by atoms with van der Waals surface area (Å²) in [5.41, 5.74) is 0.254. The second kappa shape index (κ2) is 5.01. The Hall–Kier alpha value is -1.52. The first kappa shape index (κ1) is 12.5. The van der Waals surface area contributed by atoms with E-state index in [0.717, 1.165) is 12.1 Å². The van der Waals surface area contributed by atoms with Crippen LogP contribution in [0.5, 0.6) is 0 Å². The maximum Gasteiger partial charge on any atom is 0.306 e. The van der Waals surface area contributed by atoms with Gasteiger partial charge in [0.1, 0.15) is 0 Å². The lowest BCUT2D eigenvalue weighted by atomic mass is 10.0. The van der Waals surface area contributed by atoms with Crippen molar-refractivity contribution in [2.45, 2.75) is 19.8 Å². The first-order valence-corrected chi connectivity index (χ1v) is 4.78. The highest BCUT2D eigenvalue weighted by Gasteiger charge is 2.13. The van der Waals surface area contributed by atoms with E-state index in [1.54, 1.807) is 0 Å². The lowest BCUT2D eigenvalue weighted by Gasteiger charge is -2.06. The van der Waals surface area contributed by atoms with E-state index in [1.807, 2.05) is 0 Å². The number of carbonyl (C=O) groups is 1. The monoisotopic (exact) mass is 232 g/mol. The molecule has 5 heteroatoms. The van der Waals surface area contributed by atoms with Gasteiger partial charge in [0.25, 0.3) is 0 Å². The van der Waals surface area contributed by atoms with Gasteiger partial charge >= 0.3 is 5.97 Å². The molecule has 2 nitrogen and oxygen atoms in total. The molecule has 0 aliphatic carbocycles. The number of carboxylic acids is 1. The molecule has 0 amide bonds. The van der Waals surface area contributed by atoms with Gasteiger partial charge < -0.3 is 5.11 Å². The third kappa shape index (κ3) is 2.98. The molecule has 0 aromatic heterocycles. The van der Waals surface area contributed by atoms with Crippen molar-refractivity contribution in [2.24, 2.45) is 5.92 Å². The fourth-order valence-electron chi connectivity index (χ4n) is 1.26. The van der Waals surface area contributed by atoms with Crippen LogP contribution >= 0.6 is 0 Å². The maximum absolute atomic E-state index is 12.8. The molecule has 1 atom stereocenters. The number of carboxylic acid groups (broad SMARTS) is 1. The summed E-state index contributed by atoms with van der Waals surface area (Å²) < 4.78 is 38.2. The summed E-state index contributed by atoms with van der Waals surface area (Å²) >= 11 is 0. The summed E-state index contributed by atoms with van der Waals surface area (Å²) in [5, 5.41) is 8.61. The molecule has 88 valence electrons. The molecule has 0 heterocycles. The minimum Gasteiger partial charge on any atom is -0.481 e. The molecule has 1 aromatic carbocycles. The summed E-state index contributed by atoms with van der Waals surface area (Å²) in [5.74, 6) is -5.58. The highest BCUT2D eigenvalue weighted by atomic mass is 19.2. The molecule has 0 saturated heterocycles. The molecule has 0 aliphatic rings. The van der Waals surface area contributed by atoms with Crippen LogP contribution in [0.15, 0.2) is 12.1 Å². The third-order valence-electron chi connectivity index (χ3n) is 2.33. The molecule has 0 spiro atoms. The predicted molar refractivity (Wildman–Crippen MR) is 51.4 cm³/mol. The van der Waals surface area contributed by atoms with Crippen LogP contribution in [0.25, 0.3) is 0 Å². The van der Waals surface area contributed by atoms with Crippen molar-refractivity contribution < 1.29 is 23.1 Å². The molecule has 1 aromatic rings. The second-order valence-corrected chi connectivity index (χ2v) is 3.65. The van der Waals surface area contributed by atoms with Crippen molar-refractivity contribution in [3.63, 3.8) is 0 Å². The largest absolute Gasteiger partial charge is 0.481 e. The molecule has 0 saturated carbocycles. The molecule has 0 bridgehead atoms. The Balaban J connectivity index is 2.72. The number of hydrogen-bond donors (Lipinski definition) is 1. The van der Waals surface area contributed by atoms with E-state index in [0.29, 0.717) is 0 Å². The first-order chi connectivity index (χ1) is 7.41. The Morgan fingerprint density at radius 1 is 1.31 bits per heavy atom. The van der Waals surface area contributed by atoms with Crippen LogP contribution in [-0.2, 0) is 11.2 Å². The fourth-order valence-corrected chi connectivity index (χ4v) is 1.26. The van der Waals surface area contributed by atoms with Gasteiger partial charge in [0, 0.05) is 0 Å². The zero-order chi connectivity index (χ0) is 12.3. The zero-order valence-corrected chi connectivity index (χ0v) is 8.64. The average Bonchev–Trinajstić information content (AvgIpc) is 2.22. The highest BCUT2D eigenvalue weighted by molar-refractivity contribution is 5.69. The maximum atomic E-state index is 12.8. The molecule has 1 rings (SSSR count). The minimum absolute atomic E-state index is 0.196. The molecule has 0 aliphatic heterocycles. The fraction of sp³-hybridized carbons (Fsp3) is 0.364. The number of benzene rings is 1. The molecule has 16 heavy (non-hydrogen) atoms. The lowest BCUT2D eigenvalue weighted by Crippen LogP contribution is -2.10. The smallest absolute Gasteiger partial charge is 0.306 e. The van der Waals surface area contributed by atoms with Gasteiger partial charge in [-0.15, -0.1) is 0 Å². The van der Waals surface area contributed by atoms with Crippen LogP contribution < -0.4 is 0 Å². The van der Waals surface area contributed by atoms with E-state index in [4.69, 9.17) is 5.11 Å². The molecular weight excluding hydrogens is 221 g/mol. The van der Waals surface area contributed by atoms with E-state index >= 15 is 0 Å². The Bertz CT molecular complexity index is 381. The molecular formula is C11H11F3O2. The molecule has 1 N–H and O–H groups in total. The summed E-state index contributed by atoms with van der Waals surface area (Å²) in [6, 6.07) is 1.76. The Kier molecular flexibility index (Phi) is 3.93. The van der Waals surface area contributed by atoms with Crippen molar-refractivity contribution >= 4 is 5.97 Å². The molecule has 1 unspecified atom stereocenters. The molecule has 0 fully saturated rings. The number of aliphatic carboxylic acids is 1. The van der Waals surface area contributed by atoms with Crippen LogP contribution in [0.1, 0.15) is 18.9 Å². The first-order valence-electron chi connectivity index (χ1n) is 4.78. The summed E-state index contributed by atoms with van der Waals surface area (Å²) in [6.45, 7) is 1.50. The average molecular weight is 232 g/mol. The van der Waals surface area contributed by atoms with Crippen LogP contribution in [-0.4, -0.2) is 11.1 Å². The van der Waals surface area contributed by atoms with Gasteiger partial charge in [-0.25, -0.2) is 13.2 Å². The lowest BCUT2D eigenvalue weighted by molar-refractivity contribution is -0.141. The van der Waals surface area contributed by atoms with Crippen molar-refractivity contribution in [3.8, 4) is 0 Å². The van der Waals surface area contributed by atoms with Crippen molar-refractivity contribution in [1.29, 1.82) is 0 Å². The quantitative estimate of drug-likeness (QED) is 0.810. The van der Waals surface area contributed by atoms with Gasteiger partial charge in [-0.1, -0.05) is 6.92 Å². The highest BCUT2D eigenvalue weighted by Crippen LogP contribution is 2.16. The predicted octanol–water partition coefficient (Wildman–Crippen LogP) is 2.76. The Morgan fingerprint density at radius 2 is 1.81 bits per heavy atom. The van der Waals surface area contributed by atoms with Crippen LogP contribution in [0.4, 0.5) is 13.2 Å². The van der Waals surface area contributed by atoms with Crippen molar-refractivity contribution in [1.82, 2.24) is 0 Å². The van der Waals surface area contributed by atoms with Crippen molar-refractivity contribution in [2.75, 3.05) is 0 Å². The molecule has 0 radical (unpaired) electrons. The summed E-state index contributed by atoms with van der Waals surface area (Å²) in [4.78, 5) is 10.5. The van der Waals surface area contributed by atoms with Crippen LogP contribution in [0.2, 0.25) is 0 Å². The number of halogens is 3. The topological polar surface area (TPSA) is 37.3 Å². The summed E-state index contributed by atoms with van der Waals surface area (Å²) in [6.07, 6.45) is 0.446. The van der Waals surface area contributed by atoms with Gasteiger partial charge in [-0.2, -0.15) is 0 Å². The van der Waals surface area contributed by atoms with Crippen LogP contribution in [0.3, 0.4) is 0 Å². The number of rotatable bonds is 4. The minimum atomic E-state index is -1.50. The number of hydrogen-bond acceptors (Lipinski definition) is 1. The Morgan fingerprint density at radius 3 is 2.25 bits per heavy atom. The van der Waals surface area contributed by atoms with Crippen LogP contribution in [0, 0.1) is 23.4 Å². The summed E-state index contributed by atoms with van der Waals surface area (Å²) in [7, 11) is 0. The van der Waals surface area contributed by atoms with Gasteiger partial charge in [0.15, 0.2) is 17.5 Å². The third-order valence-corrected chi connectivity index (χ3v) is 2.33. The van der Waals surface area contributed by atoms with E-state index < -0.39 is 29.3 Å². The van der Waals surface area contributed by atoms with E-state index in [2.05, 4.69) is 0 Å². The van der Waals surface area contributed by atoms with Crippen molar-refractivity contribution in [3.05, 3.63) is 35.1 Å². The van der Waals surface area contributed by atoms with E-state index in [-0.39, 0.29) is 18.4 Å². The van der Waals surface area contributed by atoms with Gasteiger partial charge in [-0.05, 0) is 30.5 Å². The second-order valence-electron chi connectivity index (χ2n) is 3.65. The van der Waals surface area contributed by atoms with Gasteiger partial charge in [0.2, 0.25) is 0 Å². The SMILES string of the molecule is CC(CCc1cc(F)c(F)c(F)c1)C(=O)O. The van der Waals surface area contributed by atoms with E-state index in [1.165, 1.54) is 6.92 Å². The standard InChI is InChI=1S/C11H11F3O2/c1-6(11(15)16)2-3-7-4-8(12)10(14)9(13)5-7/h4-6H,2-3H2,1H3,(H,15,16). The van der Waals surface area contributed by atoms with Gasteiger partial charge in [-0.3, -0.25) is 4.79 Å². The van der Waals surface area contributed by atoms with Gasteiger partial charge in [0.05, 0.1) is 5.92 Å². The normalized spacial score (nSPS) is 12.5. The van der Waals surface area contributed by atoms with E-state index in [9.17, 15) is 18.0 Å². The zero-order valence-electron chi connectivity index (χ0n) is 8.64.